The van der Waals surface area contributed by atoms with Gasteiger partial charge in [-0.05, 0) is 56.0 Å². The van der Waals surface area contributed by atoms with Crippen molar-refractivity contribution in [2.45, 2.75) is 37.4 Å². The van der Waals surface area contributed by atoms with E-state index in [0.29, 0.717) is 17.9 Å². The Hall–Kier alpha value is -2.94. The summed E-state index contributed by atoms with van der Waals surface area (Å²) in [5.41, 5.74) is 0.254. The van der Waals surface area contributed by atoms with Gasteiger partial charge < -0.3 is 15.4 Å². The fraction of sp³-hybridized carbons (Fsp3) is 0.364. The molecule has 2 aliphatic carbocycles. The lowest BCUT2D eigenvalue weighted by Crippen LogP contribution is -2.29. The van der Waals surface area contributed by atoms with Crippen LogP contribution in [0.2, 0.25) is 0 Å². The van der Waals surface area contributed by atoms with Gasteiger partial charge in [0.1, 0.15) is 11.6 Å². The number of nitrogens with one attached hydrogen (secondary N) is 2. The van der Waals surface area contributed by atoms with E-state index < -0.39 is 29.6 Å². The fourth-order valence-corrected chi connectivity index (χ4v) is 3.46. The number of carbonyl (C=O) groups excluding carboxylic acids is 2. The molecule has 2 aromatic carbocycles. The van der Waals surface area contributed by atoms with Crippen LogP contribution in [0.1, 0.15) is 41.1 Å². The number of rotatable bonds is 7. The molecule has 2 atom stereocenters. The Morgan fingerprint density at radius 2 is 1.84 bits per heavy atom. The minimum atomic E-state index is -5.21. The summed E-state index contributed by atoms with van der Waals surface area (Å²) in [5.74, 6) is -3.75. The highest BCUT2D eigenvalue weighted by atomic mass is 19.4. The van der Waals surface area contributed by atoms with Crippen LogP contribution in [0.15, 0.2) is 42.5 Å². The molecule has 5 nitrogen and oxygen atoms in total. The molecule has 1 amide bonds. The molecule has 0 spiro atoms. The number of carbonyl (C=O) groups is 2. The average molecular weight is 436 g/mol. The Morgan fingerprint density at radius 1 is 1.10 bits per heavy atom. The zero-order valence-corrected chi connectivity index (χ0v) is 16.3. The normalized spacial score (nSPS) is 20.3. The summed E-state index contributed by atoms with van der Waals surface area (Å²) >= 11 is 0. The molecule has 0 heterocycles. The number of benzene rings is 2. The molecule has 31 heavy (non-hydrogen) atoms. The van der Waals surface area contributed by atoms with Gasteiger partial charge in [-0.3, -0.25) is 4.79 Å². The molecule has 0 aromatic heterocycles. The molecule has 0 bridgehead atoms. The lowest BCUT2D eigenvalue weighted by molar-refractivity contribution is -0.189. The molecule has 2 aliphatic rings. The van der Waals surface area contributed by atoms with E-state index in [4.69, 9.17) is 0 Å². The molecule has 2 saturated carbocycles. The number of alkyl halides is 3. The predicted molar refractivity (Wildman–Crippen MR) is 104 cm³/mol. The highest BCUT2D eigenvalue weighted by molar-refractivity contribution is 6.07. The van der Waals surface area contributed by atoms with E-state index in [1.807, 2.05) is 0 Å². The first kappa shape index (κ1) is 21.3. The number of anilines is 1. The van der Waals surface area contributed by atoms with Crippen LogP contribution in [-0.2, 0) is 4.79 Å². The lowest BCUT2D eigenvalue weighted by atomic mass is 10.0. The summed E-state index contributed by atoms with van der Waals surface area (Å²) in [6.07, 6.45) is -2.22. The zero-order valence-electron chi connectivity index (χ0n) is 16.3. The Bertz CT molecular complexity index is 1000. The smallest absolute Gasteiger partial charge is 0.419 e. The first-order valence-electron chi connectivity index (χ1n) is 9.94. The monoisotopic (exact) mass is 436 g/mol. The third-order valence-corrected chi connectivity index (χ3v) is 5.35. The number of esters is 1. The van der Waals surface area contributed by atoms with Crippen molar-refractivity contribution in [2.75, 3.05) is 11.9 Å². The predicted octanol–water partition coefficient (Wildman–Crippen LogP) is 4.40. The molecule has 2 fully saturated rings. The molecule has 2 aromatic rings. The van der Waals surface area contributed by atoms with Gasteiger partial charge in [0.2, 0.25) is 0 Å². The SMILES string of the molecule is O=C(Nc1cccc(F)c1)c1cccc(C2CC2NCC2CC2)c1OC(=O)C(F)(F)F. The van der Waals surface area contributed by atoms with Crippen molar-refractivity contribution < 1.29 is 31.9 Å². The number of para-hydroxylation sites is 1. The fourth-order valence-electron chi connectivity index (χ4n) is 3.46. The molecular formula is C22H20F4N2O3. The third-order valence-electron chi connectivity index (χ3n) is 5.35. The maximum Gasteiger partial charge on any atom is 0.491 e. The number of hydrogen-bond donors (Lipinski definition) is 2. The van der Waals surface area contributed by atoms with Crippen molar-refractivity contribution in [1.29, 1.82) is 0 Å². The van der Waals surface area contributed by atoms with Gasteiger partial charge >= 0.3 is 12.1 Å². The molecule has 164 valence electrons. The van der Waals surface area contributed by atoms with E-state index in [0.717, 1.165) is 25.5 Å². The van der Waals surface area contributed by atoms with Crippen molar-refractivity contribution in [3.63, 3.8) is 0 Å². The highest BCUT2D eigenvalue weighted by Crippen LogP contribution is 2.46. The van der Waals surface area contributed by atoms with Crippen molar-refractivity contribution in [2.24, 2.45) is 5.92 Å². The molecule has 2 unspecified atom stereocenters. The average Bonchev–Trinajstić information content (AvgIpc) is 3.60. The summed E-state index contributed by atoms with van der Waals surface area (Å²) in [4.78, 5) is 24.3. The molecule has 4 rings (SSSR count). The lowest BCUT2D eigenvalue weighted by Gasteiger charge is -2.16. The van der Waals surface area contributed by atoms with Crippen LogP contribution in [-0.4, -0.2) is 30.6 Å². The topological polar surface area (TPSA) is 67.4 Å². The van der Waals surface area contributed by atoms with E-state index in [9.17, 15) is 27.2 Å². The van der Waals surface area contributed by atoms with Gasteiger partial charge in [-0.15, -0.1) is 0 Å². The maximum absolute atomic E-state index is 13.4. The van der Waals surface area contributed by atoms with Crippen LogP contribution < -0.4 is 15.4 Å². The zero-order chi connectivity index (χ0) is 22.2. The molecule has 0 aliphatic heterocycles. The number of hydrogen-bond acceptors (Lipinski definition) is 4. The van der Waals surface area contributed by atoms with Gasteiger partial charge in [0.15, 0.2) is 0 Å². The van der Waals surface area contributed by atoms with Crippen LogP contribution in [0.25, 0.3) is 0 Å². The van der Waals surface area contributed by atoms with E-state index in [1.165, 1.54) is 30.3 Å². The standard InChI is InChI=1S/C22H20F4N2O3/c23-13-3-1-4-14(9-13)28-20(29)16-6-2-5-15(19(16)31-21(30)22(24,25)26)17-10-18(17)27-11-12-7-8-12/h1-6,9,12,17-18,27H,7-8,10-11H2,(H,28,29). The number of ether oxygens (including phenoxy) is 1. The summed E-state index contributed by atoms with van der Waals surface area (Å²) in [6.45, 7) is 0.832. The highest BCUT2D eigenvalue weighted by Gasteiger charge is 2.45. The second-order valence-corrected chi connectivity index (χ2v) is 7.88. The summed E-state index contributed by atoms with van der Waals surface area (Å²) in [5, 5.41) is 5.80. The van der Waals surface area contributed by atoms with Gasteiger partial charge in [-0.25, -0.2) is 9.18 Å². The van der Waals surface area contributed by atoms with Crippen LogP contribution in [0.3, 0.4) is 0 Å². The second-order valence-electron chi connectivity index (χ2n) is 7.88. The van der Waals surface area contributed by atoms with Crippen molar-refractivity contribution in [3.05, 3.63) is 59.4 Å². The third kappa shape index (κ3) is 5.22. The van der Waals surface area contributed by atoms with E-state index in [1.54, 1.807) is 6.07 Å². The van der Waals surface area contributed by atoms with Gasteiger partial charge in [0.25, 0.3) is 5.91 Å². The van der Waals surface area contributed by atoms with Crippen molar-refractivity contribution >= 4 is 17.6 Å². The molecule has 0 saturated heterocycles. The molecule has 2 N–H and O–H groups in total. The Balaban J connectivity index is 1.60. The molecule has 0 radical (unpaired) electrons. The van der Waals surface area contributed by atoms with E-state index in [2.05, 4.69) is 15.4 Å². The van der Waals surface area contributed by atoms with Gasteiger partial charge in [-0.2, -0.15) is 13.2 Å². The first-order chi connectivity index (χ1) is 14.7. The Kier molecular flexibility index (Phi) is 5.70. The van der Waals surface area contributed by atoms with Crippen LogP contribution in [0, 0.1) is 11.7 Å². The quantitative estimate of drug-likeness (QED) is 0.384. The van der Waals surface area contributed by atoms with Crippen LogP contribution in [0.4, 0.5) is 23.2 Å². The number of halogens is 4. The van der Waals surface area contributed by atoms with E-state index >= 15 is 0 Å². The summed E-state index contributed by atoms with van der Waals surface area (Å²) in [7, 11) is 0. The first-order valence-corrected chi connectivity index (χ1v) is 9.94. The van der Waals surface area contributed by atoms with Crippen molar-refractivity contribution in [1.82, 2.24) is 5.32 Å². The second kappa shape index (κ2) is 8.30. The number of amides is 1. The summed E-state index contributed by atoms with van der Waals surface area (Å²) < 4.78 is 56.7. The van der Waals surface area contributed by atoms with Crippen molar-refractivity contribution in [3.8, 4) is 5.75 Å². The minimum absolute atomic E-state index is 0.0467. The van der Waals surface area contributed by atoms with Gasteiger partial charge in [0, 0.05) is 23.2 Å². The van der Waals surface area contributed by atoms with Crippen LogP contribution in [0.5, 0.6) is 5.75 Å². The molecular weight excluding hydrogens is 416 g/mol. The maximum atomic E-state index is 13.4. The molecule has 9 heteroatoms. The van der Waals surface area contributed by atoms with Crippen LogP contribution >= 0.6 is 0 Å². The van der Waals surface area contributed by atoms with E-state index in [-0.39, 0.29) is 23.2 Å². The minimum Gasteiger partial charge on any atom is -0.419 e. The van der Waals surface area contributed by atoms with Gasteiger partial charge in [-0.1, -0.05) is 18.2 Å². The summed E-state index contributed by atoms with van der Waals surface area (Å²) in [6, 6.07) is 9.48. The Labute approximate surface area is 175 Å². The Morgan fingerprint density at radius 3 is 2.52 bits per heavy atom. The largest absolute Gasteiger partial charge is 0.491 e. The van der Waals surface area contributed by atoms with Gasteiger partial charge in [0.05, 0.1) is 5.56 Å².